The van der Waals surface area contributed by atoms with Crippen molar-refractivity contribution in [2.45, 2.75) is 24.8 Å². The number of aromatic nitrogens is 1. The van der Waals surface area contributed by atoms with Crippen LogP contribution in [0.1, 0.15) is 32.6 Å². The Kier molecular flexibility index (Phi) is 8.41. The van der Waals surface area contributed by atoms with Crippen molar-refractivity contribution in [3.05, 3.63) is 117 Å². The lowest BCUT2D eigenvalue weighted by Gasteiger charge is -2.41. The highest BCUT2D eigenvalue weighted by molar-refractivity contribution is 5.96. The van der Waals surface area contributed by atoms with Gasteiger partial charge in [-0.25, -0.2) is 0 Å². The largest absolute Gasteiger partial charge is 0.416 e. The predicted molar refractivity (Wildman–Crippen MR) is 152 cm³/mol. The van der Waals surface area contributed by atoms with Gasteiger partial charge in [0.25, 0.3) is 11.6 Å². The molecule has 14 heteroatoms. The Morgan fingerprint density at radius 2 is 1.62 bits per heavy atom. The van der Waals surface area contributed by atoms with E-state index in [1.807, 2.05) is 12.1 Å². The van der Waals surface area contributed by atoms with Crippen LogP contribution in [0.15, 0.2) is 79.0 Å². The molecule has 0 radical (unpaired) electrons. The summed E-state index contributed by atoms with van der Waals surface area (Å²) >= 11 is 0. The molecule has 4 aromatic rings. The number of nitrogens with zero attached hydrogens (tertiary/aromatic N) is 3. The van der Waals surface area contributed by atoms with Crippen molar-refractivity contribution in [1.29, 1.82) is 0 Å². The SMILES string of the molecule is O=C(C=Cc1cccc([N+](=O)[O-])c1)N1CCN(C(=O)c2cc(C(F)(F)F)cc(C(F)(F)F)c2)[C@H](Cc2c[nH]c3ccccc23)C1. The van der Waals surface area contributed by atoms with Crippen LogP contribution in [0.5, 0.6) is 0 Å². The molecule has 8 nitrogen and oxygen atoms in total. The lowest BCUT2D eigenvalue weighted by molar-refractivity contribution is -0.384. The molecule has 1 fully saturated rings. The molecular weight excluding hydrogens is 606 g/mol. The number of amides is 2. The molecule has 1 atom stereocenters. The van der Waals surface area contributed by atoms with Crippen LogP contribution in [-0.2, 0) is 23.6 Å². The molecule has 2 amide bonds. The molecule has 0 bridgehead atoms. The smallest absolute Gasteiger partial charge is 0.361 e. The number of non-ortho nitro benzene ring substituents is 1. The van der Waals surface area contributed by atoms with Crippen LogP contribution < -0.4 is 0 Å². The van der Waals surface area contributed by atoms with Gasteiger partial charge in [-0.1, -0.05) is 30.3 Å². The van der Waals surface area contributed by atoms with Gasteiger partial charge in [0, 0.05) is 60.5 Å². The first kappa shape index (κ1) is 31.3. The highest BCUT2D eigenvalue weighted by Gasteiger charge is 2.39. The number of piperazine rings is 1. The standard InChI is InChI=1S/C31H24F6N4O4/c32-30(33,34)22-13-20(14-23(16-22)31(35,36)37)29(43)40-11-10-39(28(42)9-8-19-4-3-5-24(12-19)41(44)45)18-25(40)15-21-17-38-27-7-2-1-6-26(21)27/h1-9,12-14,16-17,25,38H,10-11,15,18H2/t25-/m1/s1. The number of H-pyrrole nitrogens is 1. The van der Waals surface area contributed by atoms with Crippen LogP contribution in [-0.4, -0.2) is 57.2 Å². The quantitative estimate of drug-likeness (QED) is 0.111. The number of hydrogen-bond donors (Lipinski definition) is 1. The van der Waals surface area contributed by atoms with Gasteiger partial charge in [0.2, 0.25) is 5.91 Å². The third-order valence-corrected chi connectivity index (χ3v) is 7.52. The number of carbonyl (C=O) groups is 2. The summed E-state index contributed by atoms with van der Waals surface area (Å²) < 4.78 is 81.2. The van der Waals surface area contributed by atoms with Gasteiger partial charge >= 0.3 is 12.4 Å². The molecule has 0 saturated carbocycles. The molecule has 0 aliphatic carbocycles. The third kappa shape index (κ3) is 7.00. The van der Waals surface area contributed by atoms with Crippen molar-refractivity contribution in [3.63, 3.8) is 0 Å². The average Bonchev–Trinajstić information content (AvgIpc) is 3.41. The minimum atomic E-state index is -5.13. The summed E-state index contributed by atoms with van der Waals surface area (Å²) in [7, 11) is 0. The Bertz CT molecular complexity index is 1760. The fourth-order valence-corrected chi connectivity index (χ4v) is 5.31. The Labute approximate surface area is 251 Å². The van der Waals surface area contributed by atoms with Crippen molar-refractivity contribution in [3.8, 4) is 0 Å². The monoisotopic (exact) mass is 630 g/mol. The van der Waals surface area contributed by atoms with Gasteiger partial charge in [0.1, 0.15) is 0 Å². The first-order chi connectivity index (χ1) is 21.2. The summed E-state index contributed by atoms with van der Waals surface area (Å²) in [5.41, 5.74) is -2.24. The van der Waals surface area contributed by atoms with E-state index in [9.17, 15) is 46.0 Å². The maximum absolute atomic E-state index is 13.6. The Balaban J connectivity index is 1.46. The van der Waals surface area contributed by atoms with Crippen molar-refractivity contribution in [2.24, 2.45) is 0 Å². The molecule has 1 aliphatic heterocycles. The van der Waals surface area contributed by atoms with Crippen molar-refractivity contribution >= 4 is 34.5 Å². The summed E-state index contributed by atoms with van der Waals surface area (Å²) in [4.78, 5) is 43.0. The highest BCUT2D eigenvalue weighted by Crippen LogP contribution is 2.37. The lowest BCUT2D eigenvalue weighted by Crippen LogP contribution is -2.57. The normalized spacial score (nSPS) is 16.0. The van der Waals surface area contributed by atoms with Gasteiger partial charge in [0.15, 0.2) is 0 Å². The number of aromatic amines is 1. The zero-order valence-corrected chi connectivity index (χ0v) is 23.2. The first-order valence-electron chi connectivity index (χ1n) is 13.6. The minimum absolute atomic E-state index is 0.0372. The van der Waals surface area contributed by atoms with Crippen LogP contribution in [0.25, 0.3) is 17.0 Å². The number of fused-ring (bicyclic) bond motifs is 1. The number of nitro benzene ring substituents is 1. The molecule has 234 valence electrons. The molecule has 1 saturated heterocycles. The van der Waals surface area contributed by atoms with Crippen molar-refractivity contribution in [2.75, 3.05) is 19.6 Å². The first-order valence-corrected chi connectivity index (χ1v) is 13.6. The maximum atomic E-state index is 13.6. The van der Waals surface area contributed by atoms with Crippen LogP contribution in [0.2, 0.25) is 0 Å². The van der Waals surface area contributed by atoms with E-state index in [-0.39, 0.29) is 37.8 Å². The molecule has 1 N–H and O–H groups in total. The average molecular weight is 631 g/mol. The summed E-state index contributed by atoms with van der Waals surface area (Å²) in [6.45, 7) is -0.298. The van der Waals surface area contributed by atoms with E-state index < -0.39 is 51.8 Å². The molecule has 2 heterocycles. The molecular formula is C31H24F6N4O4. The van der Waals surface area contributed by atoms with Crippen LogP contribution in [0, 0.1) is 10.1 Å². The number of nitrogens with one attached hydrogen (secondary N) is 1. The summed E-state index contributed by atoms with van der Waals surface area (Å²) in [5, 5.41) is 11.9. The minimum Gasteiger partial charge on any atom is -0.361 e. The molecule has 45 heavy (non-hydrogen) atoms. The molecule has 5 rings (SSSR count). The van der Waals surface area contributed by atoms with Gasteiger partial charge < -0.3 is 14.8 Å². The molecule has 3 aromatic carbocycles. The summed E-state index contributed by atoms with van der Waals surface area (Å²) in [6.07, 6.45) is -5.82. The zero-order valence-electron chi connectivity index (χ0n) is 23.2. The van der Waals surface area contributed by atoms with E-state index in [0.717, 1.165) is 16.5 Å². The van der Waals surface area contributed by atoms with Gasteiger partial charge in [-0.2, -0.15) is 26.3 Å². The number of para-hydroxylation sites is 1. The Morgan fingerprint density at radius 3 is 2.29 bits per heavy atom. The van der Waals surface area contributed by atoms with Crippen LogP contribution >= 0.6 is 0 Å². The second-order valence-electron chi connectivity index (χ2n) is 10.5. The number of rotatable bonds is 6. The number of hydrogen-bond acceptors (Lipinski definition) is 4. The van der Waals surface area contributed by atoms with Gasteiger partial charge in [-0.3, -0.25) is 19.7 Å². The van der Waals surface area contributed by atoms with E-state index >= 15 is 0 Å². The lowest BCUT2D eigenvalue weighted by atomic mass is 9.98. The second-order valence-corrected chi connectivity index (χ2v) is 10.5. The van der Waals surface area contributed by atoms with E-state index in [0.29, 0.717) is 17.7 Å². The molecule has 0 unspecified atom stereocenters. The number of alkyl halides is 6. The van der Waals surface area contributed by atoms with E-state index in [2.05, 4.69) is 4.98 Å². The fourth-order valence-electron chi connectivity index (χ4n) is 5.31. The predicted octanol–water partition coefficient (Wildman–Crippen LogP) is 6.72. The van der Waals surface area contributed by atoms with E-state index in [1.165, 1.54) is 40.2 Å². The second kappa shape index (κ2) is 12.1. The zero-order chi connectivity index (χ0) is 32.5. The Morgan fingerprint density at radius 1 is 0.933 bits per heavy atom. The van der Waals surface area contributed by atoms with E-state index in [4.69, 9.17) is 0 Å². The van der Waals surface area contributed by atoms with Gasteiger partial charge in [-0.05, 0) is 47.9 Å². The third-order valence-electron chi connectivity index (χ3n) is 7.52. The fraction of sp³-hybridized carbons (Fsp3) is 0.226. The molecule has 0 spiro atoms. The van der Waals surface area contributed by atoms with Crippen molar-refractivity contribution < 1.29 is 40.9 Å². The van der Waals surface area contributed by atoms with Gasteiger partial charge in [0.05, 0.1) is 22.1 Å². The van der Waals surface area contributed by atoms with Crippen molar-refractivity contribution in [1.82, 2.24) is 14.8 Å². The highest BCUT2D eigenvalue weighted by atomic mass is 19.4. The summed E-state index contributed by atoms with van der Waals surface area (Å²) in [5.74, 6) is -1.52. The maximum Gasteiger partial charge on any atom is 0.416 e. The van der Waals surface area contributed by atoms with Crippen LogP contribution in [0.3, 0.4) is 0 Å². The topological polar surface area (TPSA) is 99.5 Å². The molecule has 1 aliphatic rings. The number of halogens is 6. The Hall–Kier alpha value is -5.14. The number of nitro groups is 1. The summed E-state index contributed by atoms with van der Waals surface area (Å²) in [6, 6.07) is 12.8. The number of carbonyl (C=O) groups excluding carboxylic acids is 2. The van der Waals surface area contributed by atoms with Crippen LogP contribution in [0.4, 0.5) is 32.0 Å². The number of benzene rings is 3. The van der Waals surface area contributed by atoms with E-state index in [1.54, 1.807) is 24.4 Å². The molecule has 1 aromatic heterocycles. The van der Waals surface area contributed by atoms with Gasteiger partial charge in [-0.15, -0.1) is 0 Å².